The predicted molar refractivity (Wildman–Crippen MR) is 88.3 cm³/mol. The summed E-state index contributed by atoms with van der Waals surface area (Å²) in [5, 5.41) is 9.70. The minimum absolute atomic E-state index is 0.463. The lowest BCUT2D eigenvalue weighted by molar-refractivity contribution is 0.199. The Morgan fingerprint density at radius 1 is 1.19 bits per heavy atom. The van der Waals surface area contributed by atoms with E-state index in [0.29, 0.717) is 0 Å². The fraction of sp³-hybridized carbons (Fsp3) is 0.294. The minimum atomic E-state index is -0.463. The lowest BCUT2D eigenvalue weighted by Crippen LogP contribution is -2.18. The Morgan fingerprint density at radius 2 is 2.00 bits per heavy atom. The van der Waals surface area contributed by atoms with Crippen LogP contribution in [0.2, 0.25) is 0 Å². The molecule has 3 nitrogen and oxygen atoms in total. The van der Waals surface area contributed by atoms with Gasteiger partial charge in [-0.1, -0.05) is 18.2 Å². The first kappa shape index (κ1) is 14.4. The van der Waals surface area contributed by atoms with Gasteiger partial charge < -0.3 is 14.7 Å². The molecule has 1 heterocycles. The van der Waals surface area contributed by atoms with Gasteiger partial charge in [0.25, 0.3) is 0 Å². The van der Waals surface area contributed by atoms with E-state index in [2.05, 4.69) is 26.9 Å². The van der Waals surface area contributed by atoms with Crippen LogP contribution in [0.1, 0.15) is 25.0 Å². The maximum absolute atomic E-state index is 9.70. The average molecular weight is 348 g/mol. The normalized spacial score (nSPS) is 15.9. The molecule has 1 N–H and O–H groups in total. The summed E-state index contributed by atoms with van der Waals surface area (Å²) in [6, 6.07) is 14.1. The van der Waals surface area contributed by atoms with Crippen LogP contribution in [0.15, 0.2) is 46.9 Å². The third-order valence-corrected chi connectivity index (χ3v) is 4.32. The molecular weight excluding hydrogens is 330 g/mol. The fourth-order valence-electron chi connectivity index (χ4n) is 2.58. The van der Waals surface area contributed by atoms with E-state index in [1.165, 1.54) is 0 Å². The number of rotatable bonds is 2. The molecule has 0 radical (unpaired) electrons. The van der Waals surface area contributed by atoms with Gasteiger partial charge in [-0.25, -0.2) is 0 Å². The monoisotopic (exact) mass is 347 g/mol. The molecule has 0 bridgehead atoms. The Balaban J connectivity index is 2.04. The third kappa shape index (κ3) is 2.92. The number of halogens is 1. The van der Waals surface area contributed by atoms with Crippen molar-refractivity contribution in [2.24, 2.45) is 0 Å². The van der Waals surface area contributed by atoms with Crippen molar-refractivity contribution >= 4 is 27.3 Å². The first-order chi connectivity index (χ1) is 10.2. The summed E-state index contributed by atoms with van der Waals surface area (Å²) >= 11 is 3.63. The molecule has 1 aliphatic rings. The highest BCUT2D eigenvalue weighted by molar-refractivity contribution is 9.10. The van der Waals surface area contributed by atoms with Crippen LogP contribution in [0.3, 0.4) is 0 Å². The van der Waals surface area contributed by atoms with Crippen molar-refractivity contribution < 1.29 is 9.84 Å². The molecule has 3 rings (SSSR count). The van der Waals surface area contributed by atoms with Gasteiger partial charge in [0.1, 0.15) is 5.75 Å². The third-order valence-electron chi connectivity index (χ3n) is 3.68. The molecule has 1 aliphatic heterocycles. The fourth-order valence-corrected chi connectivity index (χ4v) is 3.19. The van der Waals surface area contributed by atoms with Crippen molar-refractivity contribution in [1.29, 1.82) is 0 Å². The zero-order valence-corrected chi connectivity index (χ0v) is 13.5. The van der Waals surface area contributed by atoms with Crippen molar-refractivity contribution in [3.63, 3.8) is 0 Å². The van der Waals surface area contributed by atoms with Crippen LogP contribution in [0.5, 0.6) is 5.75 Å². The van der Waals surface area contributed by atoms with E-state index in [9.17, 15) is 5.11 Å². The standard InChI is InChI=1S/C17H18BrNO2/c1-12(20)13-7-8-15(14(18)11-13)19-9-4-10-21-17-6-3-2-5-16(17)19/h2-3,5-8,11-12,20H,4,9-10H2,1H3. The van der Waals surface area contributed by atoms with Gasteiger partial charge >= 0.3 is 0 Å². The Bertz CT molecular complexity index is 642. The Kier molecular flexibility index (Phi) is 4.17. The van der Waals surface area contributed by atoms with E-state index in [1.807, 2.05) is 36.4 Å². The van der Waals surface area contributed by atoms with E-state index < -0.39 is 6.10 Å². The molecule has 2 aromatic rings. The quantitative estimate of drug-likeness (QED) is 0.872. The van der Waals surface area contributed by atoms with Gasteiger partial charge in [0, 0.05) is 11.0 Å². The van der Waals surface area contributed by atoms with E-state index in [0.717, 1.165) is 46.7 Å². The molecule has 0 aliphatic carbocycles. The molecule has 0 fully saturated rings. The van der Waals surface area contributed by atoms with Crippen LogP contribution in [0.4, 0.5) is 11.4 Å². The van der Waals surface area contributed by atoms with Gasteiger partial charge in [-0.2, -0.15) is 0 Å². The first-order valence-corrected chi connectivity index (χ1v) is 7.93. The summed E-state index contributed by atoms with van der Waals surface area (Å²) in [6.45, 7) is 3.41. The topological polar surface area (TPSA) is 32.7 Å². The van der Waals surface area contributed by atoms with Crippen LogP contribution in [-0.2, 0) is 0 Å². The van der Waals surface area contributed by atoms with E-state index in [-0.39, 0.29) is 0 Å². The van der Waals surface area contributed by atoms with Gasteiger partial charge in [-0.3, -0.25) is 0 Å². The van der Waals surface area contributed by atoms with Crippen LogP contribution < -0.4 is 9.64 Å². The number of benzene rings is 2. The number of anilines is 2. The maximum atomic E-state index is 9.70. The molecule has 1 unspecified atom stereocenters. The molecule has 0 saturated carbocycles. The number of ether oxygens (including phenoxy) is 1. The highest BCUT2D eigenvalue weighted by atomic mass is 79.9. The SMILES string of the molecule is CC(O)c1ccc(N2CCCOc3ccccc32)c(Br)c1. The molecule has 1 atom stereocenters. The highest BCUT2D eigenvalue weighted by Gasteiger charge is 2.19. The first-order valence-electron chi connectivity index (χ1n) is 7.13. The van der Waals surface area contributed by atoms with Crippen LogP contribution in [0.25, 0.3) is 0 Å². The number of aliphatic hydroxyl groups is 1. The Morgan fingerprint density at radius 3 is 2.76 bits per heavy atom. The van der Waals surface area contributed by atoms with Gasteiger partial charge in [0.2, 0.25) is 0 Å². The van der Waals surface area contributed by atoms with Crippen molar-refractivity contribution in [2.75, 3.05) is 18.1 Å². The summed E-state index contributed by atoms with van der Waals surface area (Å²) in [6.07, 6.45) is 0.509. The summed E-state index contributed by atoms with van der Waals surface area (Å²) in [4.78, 5) is 2.26. The molecule has 2 aromatic carbocycles. The van der Waals surface area contributed by atoms with Crippen molar-refractivity contribution in [3.05, 3.63) is 52.5 Å². The summed E-state index contributed by atoms with van der Waals surface area (Å²) in [5.74, 6) is 0.918. The average Bonchev–Trinajstić information content (AvgIpc) is 2.69. The minimum Gasteiger partial charge on any atom is -0.491 e. The zero-order chi connectivity index (χ0) is 14.8. The molecule has 110 valence electrons. The number of nitrogens with zero attached hydrogens (tertiary/aromatic N) is 1. The molecule has 0 spiro atoms. The van der Waals surface area contributed by atoms with Crippen LogP contribution >= 0.6 is 15.9 Å². The van der Waals surface area contributed by atoms with Crippen LogP contribution in [-0.4, -0.2) is 18.3 Å². The van der Waals surface area contributed by atoms with E-state index >= 15 is 0 Å². The van der Waals surface area contributed by atoms with Gasteiger partial charge in [0.05, 0.1) is 24.1 Å². The summed E-state index contributed by atoms with van der Waals surface area (Å²) in [7, 11) is 0. The number of fused-ring (bicyclic) bond motifs is 1. The van der Waals surface area contributed by atoms with Crippen molar-refractivity contribution in [3.8, 4) is 5.75 Å². The van der Waals surface area contributed by atoms with Gasteiger partial charge in [-0.05, 0) is 59.1 Å². The smallest absolute Gasteiger partial charge is 0.142 e. The number of hydrogen-bond donors (Lipinski definition) is 1. The number of aliphatic hydroxyl groups excluding tert-OH is 1. The molecule has 0 aromatic heterocycles. The van der Waals surface area contributed by atoms with Gasteiger partial charge in [-0.15, -0.1) is 0 Å². The highest BCUT2D eigenvalue weighted by Crippen LogP contribution is 2.39. The Hall–Kier alpha value is -1.52. The second kappa shape index (κ2) is 6.08. The molecular formula is C17H18BrNO2. The molecule has 0 amide bonds. The van der Waals surface area contributed by atoms with E-state index in [4.69, 9.17) is 4.74 Å². The van der Waals surface area contributed by atoms with Gasteiger partial charge in [0.15, 0.2) is 0 Å². The molecule has 4 heteroatoms. The lowest BCUT2D eigenvalue weighted by Gasteiger charge is -2.25. The molecule has 21 heavy (non-hydrogen) atoms. The number of hydrogen-bond acceptors (Lipinski definition) is 3. The summed E-state index contributed by atoms with van der Waals surface area (Å²) < 4.78 is 6.79. The molecule has 0 saturated heterocycles. The second-order valence-corrected chi connectivity index (χ2v) is 6.06. The Labute approximate surface area is 133 Å². The van der Waals surface area contributed by atoms with Crippen molar-refractivity contribution in [1.82, 2.24) is 0 Å². The predicted octanol–water partition coefficient (Wildman–Crippen LogP) is 4.42. The van der Waals surface area contributed by atoms with Crippen LogP contribution in [0, 0.1) is 0 Å². The van der Waals surface area contributed by atoms with Crippen molar-refractivity contribution in [2.45, 2.75) is 19.4 Å². The largest absolute Gasteiger partial charge is 0.491 e. The number of para-hydroxylation sites is 2. The maximum Gasteiger partial charge on any atom is 0.142 e. The summed E-state index contributed by atoms with van der Waals surface area (Å²) in [5.41, 5.74) is 3.09. The lowest BCUT2D eigenvalue weighted by atomic mass is 10.1. The zero-order valence-electron chi connectivity index (χ0n) is 11.9. The van der Waals surface area contributed by atoms with E-state index in [1.54, 1.807) is 6.92 Å². The second-order valence-electron chi connectivity index (χ2n) is 5.21.